The first-order chi connectivity index (χ1) is 6.80. The van der Waals surface area contributed by atoms with Gasteiger partial charge >= 0.3 is 0 Å². The summed E-state index contributed by atoms with van der Waals surface area (Å²) in [7, 11) is 0. The van der Waals surface area contributed by atoms with Crippen LogP contribution in [0.25, 0.3) is 10.1 Å². The Balaban J connectivity index is 0.000000853. The summed E-state index contributed by atoms with van der Waals surface area (Å²) in [6.07, 6.45) is 0. The number of fused-ring (bicyclic) bond motifs is 1. The monoisotopic (exact) mass is 241 g/mol. The fourth-order valence-electron chi connectivity index (χ4n) is 1.89. The first-order valence-electron chi connectivity index (χ1n) is 4.69. The van der Waals surface area contributed by atoms with Crippen molar-refractivity contribution >= 4 is 33.8 Å². The van der Waals surface area contributed by atoms with E-state index < -0.39 is 5.60 Å². The summed E-state index contributed by atoms with van der Waals surface area (Å²) in [6, 6.07) is 8.23. The molecule has 0 unspecified atom stereocenters. The molecule has 0 bridgehead atoms. The predicted molar refractivity (Wildman–Crippen MR) is 65.8 cm³/mol. The Kier molecular flexibility index (Phi) is 2.73. The molecule has 0 saturated carbocycles. The van der Waals surface area contributed by atoms with Crippen LogP contribution in [-0.2, 0) is 5.60 Å². The summed E-state index contributed by atoms with van der Waals surface area (Å²) < 4.78 is 1.25. The van der Waals surface area contributed by atoms with Gasteiger partial charge in [0.15, 0.2) is 0 Å². The Hall–Kier alpha value is -0.610. The average Bonchev–Trinajstić information content (AvgIpc) is 2.58. The molecule has 1 fully saturated rings. The van der Waals surface area contributed by atoms with E-state index in [0.29, 0.717) is 13.1 Å². The van der Waals surface area contributed by atoms with Gasteiger partial charge in [0.05, 0.1) is 0 Å². The topological polar surface area (TPSA) is 32.3 Å². The minimum absolute atomic E-state index is 0. The number of β-amino-alcohol motifs (C(OH)–C–C–N with tert-alkyl or cyclic N) is 1. The lowest BCUT2D eigenvalue weighted by Crippen LogP contribution is -2.56. The SMILES string of the molecule is Cl.OC1(c2csc3ccccc23)CNC1. The summed E-state index contributed by atoms with van der Waals surface area (Å²) in [5.41, 5.74) is 0.455. The molecule has 0 radical (unpaired) electrons. The zero-order valence-corrected chi connectivity index (χ0v) is 9.70. The van der Waals surface area contributed by atoms with Crippen molar-refractivity contribution in [2.45, 2.75) is 5.60 Å². The summed E-state index contributed by atoms with van der Waals surface area (Å²) in [5, 5.41) is 16.6. The molecular weight excluding hydrogens is 230 g/mol. The fraction of sp³-hybridized carbons (Fsp3) is 0.273. The number of nitrogens with one attached hydrogen (secondary N) is 1. The first kappa shape index (κ1) is 10.9. The number of halogens is 1. The molecule has 0 amide bonds. The van der Waals surface area contributed by atoms with Crippen molar-refractivity contribution < 1.29 is 5.11 Å². The van der Waals surface area contributed by atoms with E-state index in [-0.39, 0.29) is 12.4 Å². The first-order valence-corrected chi connectivity index (χ1v) is 5.57. The van der Waals surface area contributed by atoms with Crippen molar-refractivity contribution in [3.8, 4) is 0 Å². The van der Waals surface area contributed by atoms with Crippen LogP contribution in [0, 0.1) is 0 Å². The minimum atomic E-state index is -0.625. The lowest BCUT2D eigenvalue weighted by molar-refractivity contribution is -0.0129. The van der Waals surface area contributed by atoms with Gasteiger partial charge in [-0.3, -0.25) is 0 Å². The fourth-order valence-corrected chi connectivity index (χ4v) is 2.94. The van der Waals surface area contributed by atoms with Crippen molar-refractivity contribution in [2.24, 2.45) is 0 Å². The highest BCUT2D eigenvalue weighted by molar-refractivity contribution is 7.17. The molecule has 1 aromatic heterocycles. The average molecular weight is 242 g/mol. The zero-order valence-electron chi connectivity index (χ0n) is 8.06. The third-order valence-electron chi connectivity index (χ3n) is 2.82. The Morgan fingerprint density at radius 2 is 2.00 bits per heavy atom. The van der Waals surface area contributed by atoms with Crippen molar-refractivity contribution in [1.82, 2.24) is 5.32 Å². The van der Waals surface area contributed by atoms with Gasteiger partial charge in [0.2, 0.25) is 0 Å². The van der Waals surface area contributed by atoms with Crippen molar-refractivity contribution in [2.75, 3.05) is 13.1 Å². The molecule has 2 aromatic rings. The third kappa shape index (κ3) is 1.56. The molecule has 0 spiro atoms. The molecule has 2 N–H and O–H groups in total. The quantitative estimate of drug-likeness (QED) is 0.802. The minimum Gasteiger partial charge on any atom is -0.382 e. The number of aliphatic hydroxyl groups is 1. The van der Waals surface area contributed by atoms with Crippen molar-refractivity contribution in [3.63, 3.8) is 0 Å². The Morgan fingerprint density at radius 1 is 1.27 bits per heavy atom. The van der Waals surface area contributed by atoms with Gasteiger partial charge in [-0.25, -0.2) is 0 Å². The number of hydrogen-bond acceptors (Lipinski definition) is 3. The molecule has 15 heavy (non-hydrogen) atoms. The van der Waals surface area contributed by atoms with Crippen molar-refractivity contribution in [3.05, 3.63) is 35.2 Å². The van der Waals surface area contributed by atoms with E-state index >= 15 is 0 Å². The largest absolute Gasteiger partial charge is 0.382 e. The molecule has 1 aromatic carbocycles. The normalized spacial score (nSPS) is 18.2. The highest BCUT2D eigenvalue weighted by atomic mass is 35.5. The number of rotatable bonds is 1. The second kappa shape index (κ2) is 3.76. The van der Waals surface area contributed by atoms with E-state index in [0.717, 1.165) is 5.56 Å². The maximum Gasteiger partial charge on any atom is 0.116 e. The molecule has 1 aliphatic heterocycles. The van der Waals surface area contributed by atoms with Gasteiger partial charge in [-0.05, 0) is 16.8 Å². The molecule has 4 heteroatoms. The van der Waals surface area contributed by atoms with Gasteiger partial charge in [-0.2, -0.15) is 0 Å². The summed E-state index contributed by atoms with van der Waals surface area (Å²) in [6.45, 7) is 1.35. The smallest absolute Gasteiger partial charge is 0.116 e. The maximum atomic E-state index is 10.2. The lowest BCUT2D eigenvalue weighted by atomic mass is 9.88. The summed E-state index contributed by atoms with van der Waals surface area (Å²) in [4.78, 5) is 0. The standard InChI is InChI=1S/C11H11NOS.ClH/c13-11(6-12-7-11)9-5-14-10-4-2-1-3-8(9)10;/h1-5,12-13H,6-7H2;1H. The highest BCUT2D eigenvalue weighted by Gasteiger charge is 2.37. The van der Waals surface area contributed by atoms with Crippen LogP contribution in [0.3, 0.4) is 0 Å². The van der Waals surface area contributed by atoms with E-state index in [2.05, 4.69) is 22.8 Å². The second-order valence-corrected chi connectivity index (χ2v) is 4.69. The third-order valence-corrected chi connectivity index (χ3v) is 3.78. The van der Waals surface area contributed by atoms with E-state index in [1.54, 1.807) is 11.3 Å². The van der Waals surface area contributed by atoms with Crippen LogP contribution in [0.2, 0.25) is 0 Å². The Morgan fingerprint density at radius 3 is 2.67 bits per heavy atom. The van der Waals surface area contributed by atoms with Gasteiger partial charge in [0.1, 0.15) is 5.60 Å². The molecule has 3 rings (SSSR count). The van der Waals surface area contributed by atoms with Gasteiger partial charge in [0.25, 0.3) is 0 Å². The van der Waals surface area contributed by atoms with Gasteiger partial charge in [0, 0.05) is 23.4 Å². The van der Waals surface area contributed by atoms with Crippen LogP contribution in [0.5, 0.6) is 0 Å². The van der Waals surface area contributed by atoms with Gasteiger partial charge in [-0.1, -0.05) is 18.2 Å². The van der Waals surface area contributed by atoms with Gasteiger partial charge in [-0.15, -0.1) is 23.7 Å². The Labute approximate surface area is 98.3 Å². The van der Waals surface area contributed by atoms with Crippen LogP contribution in [0.15, 0.2) is 29.6 Å². The number of thiophene rings is 1. The van der Waals surface area contributed by atoms with E-state index in [4.69, 9.17) is 0 Å². The van der Waals surface area contributed by atoms with Gasteiger partial charge < -0.3 is 10.4 Å². The van der Waals surface area contributed by atoms with Crippen LogP contribution in [0.4, 0.5) is 0 Å². The molecule has 80 valence electrons. The second-order valence-electron chi connectivity index (χ2n) is 3.78. The molecule has 0 atom stereocenters. The molecule has 1 saturated heterocycles. The van der Waals surface area contributed by atoms with Crippen molar-refractivity contribution in [1.29, 1.82) is 0 Å². The summed E-state index contributed by atoms with van der Waals surface area (Å²) >= 11 is 1.70. The number of benzene rings is 1. The van der Waals surface area contributed by atoms with E-state index in [1.807, 2.05) is 12.1 Å². The summed E-state index contributed by atoms with van der Waals surface area (Å²) in [5.74, 6) is 0. The lowest BCUT2D eigenvalue weighted by Gasteiger charge is -2.37. The van der Waals surface area contributed by atoms with E-state index in [1.165, 1.54) is 10.1 Å². The van der Waals surface area contributed by atoms with Crippen LogP contribution >= 0.6 is 23.7 Å². The predicted octanol–water partition coefficient (Wildman–Crippen LogP) is 2.11. The van der Waals surface area contributed by atoms with Crippen LogP contribution < -0.4 is 5.32 Å². The van der Waals surface area contributed by atoms with E-state index in [9.17, 15) is 5.11 Å². The molecule has 2 nitrogen and oxygen atoms in total. The molecule has 1 aliphatic rings. The molecule has 2 heterocycles. The zero-order chi connectivity index (χ0) is 9.60. The van der Waals surface area contributed by atoms with Crippen LogP contribution in [0.1, 0.15) is 5.56 Å². The molecule has 0 aliphatic carbocycles. The molecular formula is C11H12ClNOS. The Bertz CT molecular complexity index is 478. The maximum absolute atomic E-state index is 10.2. The van der Waals surface area contributed by atoms with Crippen LogP contribution in [-0.4, -0.2) is 18.2 Å². The highest BCUT2D eigenvalue weighted by Crippen LogP contribution is 2.35. The number of hydrogen-bond donors (Lipinski definition) is 2.